The van der Waals surface area contributed by atoms with Crippen molar-refractivity contribution >= 4 is 28.7 Å². The number of hydrogen-bond donors (Lipinski definition) is 1. The summed E-state index contributed by atoms with van der Waals surface area (Å²) in [6.45, 7) is 7.38. The van der Waals surface area contributed by atoms with E-state index in [9.17, 15) is 14.4 Å². The summed E-state index contributed by atoms with van der Waals surface area (Å²) in [5, 5.41) is 6.34. The number of carbonyl (C=O) groups is 2. The van der Waals surface area contributed by atoms with Crippen molar-refractivity contribution < 1.29 is 23.6 Å². The Morgan fingerprint density at radius 3 is 2.61 bits per heavy atom. The van der Waals surface area contributed by atoms with Gasteiger partial charge < -0.3 is 19.3 Å². The maximum Gasteiger partial charge on any atom is 0.361 e. The molecule has 1 aromatic carbocycles. The van der Waals surface area contributed by atoms with Crippen LogP contribution in [0.1, 0.15) is 49.5 Å². The molecule has 0 saturated carbocycles. The minimum Gasteiger partial charge on any atom is -0.492 e. The first-order valence-corrected chi connectivity index (χ1v) is 10.0. The van der Waals surface area contributed by atoms with Crippen LogP contribution in [0.3, 0.4) is 0 Å². The molecule has 1 amide bonds. The highest BCUT2D eigenvalue weighted by Crippen LogP contribution is 2.26. The van der Waals surface area contributed by atoms with Crippen LogP contribution < -0.4 is 15.6 Å². The fraction of sp³-hybridized carbons (Fsp3) is 0.381. The van der Waals surface area contributed by atoms with Gasteiger partial charge in [0.2, 0.25) is 11.6 Å². The molecule has 10 heteroatoms. The Hall–Kier alpha value is -3.69. The first-order chi connectivity index (χ1) is 14.9. The fourth-order valence-corrected chi connectivity index (χ4v) is 3.28. The lowest BCUT2D eigenvalue weighted by Gasteiger charge is -2.20. The van der Waals surface area contributed by atoms with Gasteiger partial charge in [0.25, 0.3) is 11.3 Å². The molecule has 0 aliphatic carbocycles. The molecule has 3 aromatic rings. The van der Waals surface area contributed by atoms with Crippen LogP contribution in [0, 0.1) is 6.92 Å². The fourth-order valence-electron chi connectivity index (χ4n) is 3.28. The molecule has 1 atom stereocenters. The van der Waals surface area contributed by atoms with Crippen molar-refractivity contribution in [1.82, 2.24) is 14.7 Å². The van der Waals surface area contributed by atoms with Gasteiger partial charge in [0, 0.05) is 0 Å². The van der Waals surface area contributed by atoms with Gasteiger partial charge in [-0.3, -0.25) is 14.2 Å². The summed E-state index contributed by atoms with van der Waals surface area (Å²) >= 11 is 0. The van der Waals surface area contributed by atoms with Crippen LogP contribution in [0.2, 0.25) is 0 Å². The van der Waals surface area contributed by atoms with Crippen LogP contribution >= 0.6 is 0 Å². The predicted octanol–water partition coefficient (Wildman–Crippen LogP) is 2.86. The summed E-state index contributed by atoms with van der Waals surface area (Å²) < 4.78 is 16.8. The molecule has 0 radical (unpaired) electrons. The number of carbonyl (C=O) groups excluding carboxylic acids is 2. The Morgan fingerprint density at radius 2 is 1.94 bits per heavy atom. The monoisotopic (exact) mass is 428 g/mol. The van der Waals surface area contributed by atoms with E-state index < -0.39 is 23.5 Å². The third-order valence-corrected chi connectivity index (χ3v) is 4.63. The number of nitrogens with one attached hydrogen (secondary N) is 1. The molecular weight excluding hydrogens is 404 g/mol. The number of ether oxygens (including phenoxy) is 2. The number of nitrogens with zero attached hydrogens (tertiary/aromatic N) is 3. The van der Waals surface area contributed by atoms with Crippen molar-refractivity contribution in [2.45, 2.75) is 40.2 Å². The predicted molar refractivity (Wildman–Crippen MR) is 112 cm³/mol. The van der Waals surface area contributed by atoms with Crippen molar-refractivity contribution in [3.8, 4) is 5.75 Å². The molecule has 2 aromatic heterocycles. The van der Waals surface area contributed by atoms with Crippen LogP contribution in [0.4, 0.5) is 5.69 Å². The Kier molecular flexibility index (Phi) is 6.68. The molecule has 1 unspecified atom stereocenters. The number of fused-ring (bicyclic) bond motifs is 1. The molecule has 0 aliphatic rings. The van der Waals surface area contributed by atoms with Gasteiger partial charge in [0.15, 0.2) is 0 Å². The lowest BCUT2D eigenvalue weighted by molar-refractivity contribution is -0.119. The van der Waals surface area contributed by atoms with Gasteiger partial charge >= 0.3 is 5.97 Å². The quantitative estimate of drug-likeness (QED) is 0.543. The van der Waals surface area contributed by atoms with Crippen molar-refractivity contribution in [2.75, 3.05) is 18.5 Å². The Morgan fingerprint density at radius 1 is 1.19 bits per heavy atom. The van der Waals surface area contributed by atoms with Gasteiger partial charge in [-0.15, -0.1) is 0 Å². The second-order valence-electron chi connectivity index (χ2n) is 6.61. The van der Waals surface area contributed by atoms with Crippen LogP contribution in [-0.4, -0.2) is 39.8 Å². The summed E-state index contributed by atoms with van der Waals surface area (Å²) in [5.41, 5.74) is -0.463. The number of hydrogen-bond acceptors (Lipinski definition) is 8. The molecule has 1 N–H and O–H groups in total. The number of aryl methyl sites for hydroxylation is 1. The second-order valence-corrected chi connectivity index (χ2v) is 6.61. The highest BCUT2D eigenvalue weighted by atomic mass is 16.5. The summed E-state index contributed by atoms with van der Waals surface area (Å²) in [6, 6.07) is 6.14. The third-order valence-electron chi connectivity index (χ3n) is 4.63. The number of benzene rings is 1. The standard InChI is InChI=1S/C21H24N4O6/c1-5-14(18(26)23-13-10-8-9-11-15(13)29-6-2)25-12(4)22-19-16(20(25)27)17(24-31-19)21(28)30-7-3/h8-11,14H,5-7H2,1-4H3,(H,23,26). The van der Waals surface area contributed by atoms with E-state index in [-0.39, 0.29) is 29.2 Å². The number of esters is 1. The van der Waals surface area contributed by atoms with Crippen LogP contribution in [0.15, 0.2) is 33.6 Å². The molecule has 0 aliphatic heterocycles. The summed E-state index contributed by atoms with van der Waals surface area (Å²) in [6.07, 6.45) is 0.302. The molecular formula is C21H24N4O6. The molecule has 0 saturated heterocycles. The zero-order chi connectivity index (χ0) is 22.5. The molecule has 0 spiro atoms. The number of amides is 1. The van der Waals surface area contributed by atoms with Crippen LogP contribution in [0.25, 0.3) is 11.1 Å². The van der Waals surface area contributed by atoms with Gasteiger partial charge in [-0.2, -0.15) is 4.98 Å². The van der Waals surface area contributed by atoms with Gasteiger partial charge in [-0.05, 0) is 39.3 Å². The average Bonchev–Trinajstić information content (AvgIpc) is 3.17. The molecule has 0 fully saturated rings. The van der Waals surface area contributed by atoms with Gasteiger partial charge in [-0.25, -0.2) is 4.79 Å². The number of rotatable bonds is 8. The molecule has 10 nitrogen and oxygen atoms in total. The van der Waals surface area contributed by atoms with Gasteiger partial charge in [0.05, 0.1) is 18.9 Å². The van der Waals surface area contributed by atoms with E-state index in [0.717, 1.165) is 0 Å². The first kappa shape index (κ1) is 22.0. The average molecular weight is 428 g/mol. The van der Waals surface area contributed by atoms with Crippen LogP contribution in [-0.2, 0) is 9.53 Å². The minimum absolute atomic E-state index is 0.0845. The van der Waals surface area contributed by atoms with E-state index >= 15 is 0 Å². The van der Waals surface area contributed by atoms with E-state index in [4.69, 9.17) is 14.0 Å². The zero-order valence-electron chi connectivity index (χ0n) is 17.8. The molecule has 31 heavy (non-hydrogen) atoms. The van der Waals surface area contributed by atoms with Gasteiger partial charge in [-0.1, -0.05) is 24.2 Å². The number of anilines is 1. The molecule has 0 bridgehead atoms. The maximum atomic E-state index is 13.3. The third kappa shape index (κ3) is 4.27. The number of para-hydroxylation sites is 2. The van der Waals surface area contributed by atoms with Crippen molar-refractivity contribution in [1.29, 1.82) is 0 Å². The summed E-state index contributed by atoms with van der Waals surface area (Å²) in [4.78, 5) is 42.8. The zero-order valence-corrected chi connectivity index (χ0v) is 17.8. The van der Waals surface area contributed by atoms with E-state index in [0.29, 0.717) is 24.5 Å². The first-order valence-electron chi connectivity index (χ1n) is 10.0. The number of aromatic nitrogens is 3. The topological polar surface area (TPSA) is 126 Å². The van der Waals surface area contributed by atoms with E-state index in [1.54, 1.807) is 45.0 Å². The Balaban J connectivity index is 2.04. The van der Waals surface area contributed by atoms with E-state index in [1.807, 2.05) is 6.92 Å². The molecule has 3 rings (SSSR count). The van der Waals surface area contributed by atoms with Crippen molar-refractivity contribution in [3.63, 3.8) is 0 Å². The van der Waals surface area contributed by atoms with E-state index in [1.165, 1.54) is 4.57 Å². The second kappa shape index (κ2) is 9.41. The normalized spacial score (nSPS) is 11.9. The highest BCUT2D eigenvalue weighted by Gasteiger charge is 2.28. The maximum absolute atomic E-state index is 13.3. The molecule has 164 valence electrons. The Bertz CT molecular complexity index is 1170. The smallest absolute Gasteiger partial charge is 0.361 e. The summed E-state index contributed by atoms with van der Waals surface area (Å²) in [7, 11) is 0. The largest absolute Gasteiger partial charge is 0.492 e. The minimum atomic E-state index is -0.885. The van der Waals surface area contributed by atoms with Crippen LogP contribution in [0.5, 0.6) is 5.75 Å². The summed E-state index contributed by atoms with van der Waals surface area (Å²) in [5.74, 6) is -0.438. The van der Waals surface area contributed by atoms with Crippen molar-refractivity contribution in [2.24, 2.45) is 0 Å². The SMILES string of the molecule is CCOC(=O)c1noc2nc(C)n(C(CC)C(=O)Nc3ccccc3OCC)c(=O)c12. The lowest BCUT2D eigenvalue weighted by atomic mass is 10.1. The Labute approximate surface area is 178 Å². The van der Waals surface area contributed by atoms with E-state index in [2.05, 4.69) is 15.5 Å². The van der Waals surface area contributed by atoms with Crippen molar-refractivity contribution in [3.05, 3.63) is 46.1 Å². The molecule has 2 heterocycles. The lowest BCUT2D eigenvalue weighted by Crippen LogP contribution is -2.35. The van der Waals surface area contributed by atoms with Gasteiger partial charge in [0.1, 0.15) is 23.0 Å². The highest BCUT2D eigenvalue weighted by molar-refractivity contribution is 6.00.